The van der Waals surface area contributed by atoms with Gasteiger partial charge < -0.3 is 5.11 Å². The molecule has 0 unspecified atom stereocenters. The van der Waals surface area contributed by atoms with Crippen LogP contribution in [-0.2, 0) is 11.3 Å². The van der Waals surface area contributed by atoms with Crippen LogP contribution in [-0.4, -0.2) is 30.2 Å². The van der Waals surface area contributed by atoms with Crippen molar-refractivity contribution in [1.29, 1.82) is 0 Å². The van der Waals surface area contributed by atoms with Crippen molar-refractivity contribution in [3.05, 3.63) is 41.6 Å². The van der Waals surface area contributed by atoms with Crippen molar-refractivity contribution in [2.45, 2.75) is 20.4 Å². The maximum absolute atomic E-state index is 10.9. The average molecular weight is 314 g/mol. The summed E-state index contributed by atoms with van der Waals surface area (Å²) in [6, 6.07) is 9.78. The molecule has 0 saturated heterocycles. The van der Waals surface area contributed by atoms with Gasteiger partial charge in [0.15, 0.2) is 10.8 Å². The van der Waals surface area contributed by atoms with E-state index >= 15 is 0 Å². The summed E-state index contributed by atoms with van der Waals surface area (Å²) in [5.41, 5.74) is 3.52. The fraction of sp³-hybridized carbons (Fsp3) is 0.200. The van der Waals surface area contributed by atoms with Crippen LogP contribution in [0.5, 0.6) is 0 Å². The standard InChI is InChI=1S/C15H14N4O2S/c1-9-4-3-5-11(6-9)14-16-15(22-18-14)12-7-10(2)17-19(12)8-13(20)21/h3-7H,8H2,1-2H3,(H,20,21). The van der Waals surface area contributed by atoms with Crippen LogP contribution in [0.4, 0.5) is 0 Å². The molecule has 2 heterocycles. The first-order chi connectivity index (χ1) is 10.5. The number of aromatic nitrogens is 4. The molecular weight excluding hydrogens is 300 g/mol. The molecule has 22 heavy (non-hydrogen) atoms. The first-order valence-corrected chi connectivity index (χ1v) is 7.47. The zero-order valence-electron chi connectivity index (χ0n) is 12.1. The van der Waals surface area contributed by atoms with Gasteiger partial charge in [-0.1, -0.05) is 23.8 Å². The summed E-state index contributed by atoms with van der Waals surface area (Å²) >= 11 is 1.24. The number of nitrogens with zero attached hydrogens (tertiary/aromatic N) is 4. The number of hydrogen-bond donors (Lipinski definition) is 1. The largest absolute Gasteiger partial charge is 0.480 e. The lowest BCUT2D eigenvalue weighted by molar-refractivity contribution is -0.137. The molecule has 0 fully saturated rings. The van der Waals surface area contributed by atoms with E-state index in [1.165, 1.54) is 16.2 Å². The topological polar surface area (TPSA) is 80.9 Å². The lowest BCUT2D eigenvalue weighted by Gasteiger charge is -2.00. The SMILES string of the molecule is Cc1cccc(-c2nsc(-c3cc(C)nn3CC(=O)O)n2)c1. The first kappa shape index (κ1) is 14.4. The fourth-order valence-corrected chi connectivity index (χ4v) is 2.90. The van der Waals surface area contributed by atoms with Gasteiger partial charge in [0.05, 0.1) is 11.4 Å². The molecule has 7 heteroatoms. The highest BCUT2D eigenvalue weighted by molar-refractivity contribution is 7.09. The highest BCUT2D eigenvalue weighted by atomic mass is 32.1. The van der Waals surface area contributed by atoms with Crippen molar-refractivity contribution < 1.29 is 9.90 Å². The molecule has 0 aliphatic carbocycles. The molecule has 3 rings (SSSR count). The number of benzene rings is 1. The zero-order chi connectivity index (χ0) is 15.7. The van der Waals surface area contributed by atoms with Gasteiger partial charge in [0.25, 0.3) is 0 Å². The van der Waals surface area contributed by atoms with E-state index in [0.29, 0.717) is 16.5 Å². The lowest BCUT2D eigenvalue weighted by atomic mass is 10.1. The predicted molar refractivity (Wildman–Crippen MR) is 83.7 cm³/mol. The van der Waals surface area contributed by atoms with Gasteiger partial charge in [-0.05, 0) is 37.5 Å². The summed E-state index contributed by atoms with van der Waals surface area (Å²) in [7, 11) is 0. The second kappa shape index (κ2) is 5.69. The highest BCUT2D eigenvalue weighted by Gasteiger charge is 2.15. The fourth-order valence-electron chi connectivity index (χ4n) is 2.20. The number of hydrogen-bond acceptors (Lipinski definition) is 5. The Morgan fingerprint density at radius 3 is 2.86 bits per heavy atom. The van der Waals surface area contributed by atoms with Gasteiger partial charge in [0.1, 0.15) is 6.54 Å². The van der Waals surface area contributed by atoms with Crippen LogP contribution in [0, 0.1) is 13.8 Å². The number of aliphatic carboxylic acids is 1. The molecule has 0 aliphatic rings. The first-order valence-electron chi connectivity index (χ1n) is 6.70. The van der Waals surface area contributed by atoms with E-state index in [4.69, 9.17) is 5.11 Å². The van der Waals surface area contributed by atoms with Crippen LogP contribution in [0.1, 0.15) is 11.3 Å². The Hall–Kier alpha value is -2.54. The monoisotopic (exact) mass is 314 g/mol. The van der Waals surface area contributed by atoms with E-state index in [0.717, 1.165) is 16.8 Å². The summed E-state index contributed by atoms with van der Waals surface area (Å²) in [6.07, 6.45) is 0. The molecule has 0 amide bonds. The summed E-state index contributed by atoms with van der Waals surface area (Å²) < 4.78 is 5.82. The Balaban J connectivity index is 1.99. The summed E-state index contributed by atoms with van der Waals surface area (Å²) in [5.74, 6) is -0.294. The molecule has 0 bridgehead atoms. The Morgan fingerprint density at radius 2 is 2.14 bits per heavy atom. The van der Waals surface area contributed by atoms with Crippen molar-refractivity contribution >= 4 is 17.5 Å². The van der Waals surface area contributed by atoms with E-state index in [9.17, 15) is 4.79 Å². The number of carboxylic acids is 1. The van der Waals surface area contributed by atoms with Crippen LogP contribution in [0.2, 0.25) is 0 Å². The summed E-state index contributed by atoms with van der Waals surface area (Å²) in [5, 5.41) is 13.8. The molecular formula is C15H14N4O2S. The molecule has 0 atom stereocenters. The van der Waals surface area contributed by atoms with Crippen molar-refractivity contribution in [2.75, 3.05) is 0 Å². The van der Waals surface area contributed by atoms with Crippen molar-refractivity contribution in [2.24, 2.45) is 0 Å². The van der Waals surface area contributed by atoms with Gasteiger partial charge in [-0.25, -0.2) is 4.98 Å². The van der Waals surface area contributed by atoms with E-state index in [1.807, 2.05) is 44.2 Å². The molecule has 2 aromatic heterocycles. The molecule has 3 aromatic rings. The third kappa shape index (κ3) is 2.89. The number of carbonyl (C=O) groups is 1. The van der Waals surface area contributed by atoms with Crippen LogP contribution >= 0.6 is 11.5 Å². The van der Waals surface area contributed by atoms with E-state index in [2.05, 4.69) is 14.5 Å². The molecule has 0 aliphatic heterocycles. The van der Waals surface area contributed by atoms with Crippen LogP contribution < -0.4 is 0 Å². The second-order valence-electron chi connectivity index (χ2n) is 5.01. The third-order valence-corrected chi connectivity index (χ3v) is 3.85. The normalized spacial score (nSPS) is 10.8. The summed E-state index contributed by atoms with van der Waals surface area (Å²) in [4.78, 5) is 15.5. The van der Waals surface area contributed by atoms with E-state index < -0.39 is 5.97 Å². The Kier molecular flexibility index (Phi) is 3.72. The average Bonchev–Trinajstić information content (AvgIpc) is 3.05. The zero-order valence-corrected chi connectivity index (χ0v) is 13.0. The molecule has 6 nitrogen and oxygen atoms in total. The predicted octanol–water partition coefficient (Wildman–Crippen LogP) is 2.77. The van der Waals surface area contributed by atoms with E-state index in [1.54, 1.807) is 0 Å². The van der Waals surface area contributed by atoms with Gasteiger partial charge >= 0.3 is 5.97 Å². The number of carboxylic acid groups (broad SMARTS) is 1. The maximum Gasteiger partial charge on any atom is 0.325 e. The number of aryl methyl sites for hydroxylation is 2. The minimum atomic E-state index is -0.937. The van der Waals surface area contributed by atoms with Gasteiger partial charge in [-0.3, -0.25) is 9.48 Å². The van der Waals surface area contributed by atoms with Gasteiger partial charge in [0, 0.05) is 5.56 Å². The van der Waals surface area contributed by atoms with E-state index in [-0.39, 0.29) is 6.54 Å². The second-order valence-corrected chi connectivity index (χ2v) is 5.77. The maximum atomic E-state index is 10.9. The van der Waals surface area contributed by atoms with Crippen molar-refractivity contribution in [3.8, 4) is 22.1 Å². The lowest BCUT2D eigenvalue weighted by Crippen LogP contribution is -2.11. The van der Waals surface area contributed by atoms with Crippen LogP contribution in [0.15, 0.2) is 30.3 Å². The number of rotatable bonds is 4. The molecule has 1 N–H and O–H groups in total. The van der Waals surface area contributed by atoms with Crippen LogP contribution in [0.3, 0.4) is 0 Å². The van der Waals surface area contributed by atoms with Gasteiger partial charge in [-0.2, -0.15) is 9.47 Å². The third-order valence-electron chi connectivity index (χ3n) is 3.11. The smallest absolute Gasteiger partial charge is 0.325 e. The molecule has 0 radical (unpaired) electrons. The van der Waals surface area contributed by atoms with Crippen molar-refractivity contribution in [3.63, 3.8) is 0 Å². The Morgan fingerprint density at radius 1 is 1.32 bits per heavy atom. The minimum Gasteiger partial charge on any atom is -0.480 e. The molecule has 112 valence electrons. The highest BCUT2D eigenvalue weighted by Crippen LogP contribution is 2.27. The summed E-state index contributed by atoms with van der Waals surface area (Å²) in [6.45, 7) is 3.65. The minimum absolute atomic E-state index is 0.192. The Labute approximate surface area is 131 Å². The molecule has 0 saturated carbocycles. The molecule has 0 spiro atoms. The van der Waals surface area contributed by atoms with Gasteiger partial charge in [0.2, 0.25) is 0 Å². The quantitative estimate of drug-likeness (QED) is 0.801. The van der Waals surface area contributed by atoms with Crippen molar-refractivity contribution in [1.82, 2.24) is 19.1 Å². The van der Waals surface area contributed by atoms with Gasteiger partial charge in [-0.15, -0.1) is 0 Å². The molecule has 1 aromatic carbocycles. The van der Waals surface area contributed by atoms with Crippen LogP contribution in [0.25, 0.3) is 22.1 Å². The Bertz CT molecular complexity index is 838.